The lowest BCUT2D eigenvalue weighted by Gasteiger charge is -2.07. The smallest absolute Gasteiger partial charge is 0.378 e. The fourth-order valence-corrected chi connectivity index (χ4v) is 1.42. The number of halogens is 4. The number of nitrogens with zero attached hydrogens (tertiary/aromatic N) is 2. The highest BCUT2D eigenvalue weighted by Crippen LogP contribution is 2.14. The largest absolute Gasteiger partial charge is 0.411 e. The first kappa shape index (κ1) is 15.1. The van der Waals surface area contributed by atoms with Crippen molar-refractivity contribution in [1.29, 1.82) is 0 Å². The van der Waals surface area contributed by atoms with Crippen LogP contribution in [0.25, 0.3) is 0 Å². The highest BCUT2D eigenvalue weighted by molar-refractivity contribution is 6.29. The fourth-order valence-electron chi connectivity index (χ4n) is 1.20. The molecule has 0 N–H and O–H groups in total. The summed E-state index contributed by atoms with van der Waals surface area (Å²) in [5.41, 5.74) is 0.573. The summed E-state index contributed by atoms with van der Waals surface area (Å²) < 4.78 is 44.8. The molecule has 0 aliphatic rings. The molecule has 0 saturated carbocycles. The van der Waals surface area contributed by atoms with Crippen molar-refractivity contribution in [3.63, 3.8) is 0 Å². The molecule has 1 heterocycles. The first-order chi connectivity index (χ1) is 8.40. The Morgan fingerprint density at radius 3 is 2.67 bits per heavy atom. The minimum atomic E-state index is -4.32. The van der Waals surface area contributed by atoms with Crippen molar-refractivity contribution in [3.8, 4) is 0 Å². The van der Waals surface area contributed by atoms with Gasteiger partial charge in [0.05, 0.1) is 18.9 Å². The van der Waals surface area contributed by atoms with Crippen molar-refractivity contribution in [2.45, 2.75) is 19.2 Å². The van der Waals surface area contributed by atoms with E-state index in [-0.39, 0.29) is 24.8 Å². The van der Waals surface area contributed by atoms with E-state index in [1.54, 1.807) is 0 Å². The highest BCUT2D eigenvalue weighted by atomic mass is 35.5. The molecule has 1 aromatic heterocycles. The molecule has 0 saturated heterocycles. The molecule has 0 unspecified atom stereocenters. The lowest BCUT2D eigenvalue weighted by atomic mass is 10.3. The molecule has 8 heteroatoms. The van der Waals surface area contributed by atoms with E-state index < -0.39 is 12.8 Å². The van der Waals surface area contributed by atoms with Crippen molar-refractivity contribution in [2.75, 3.05) is 20.3 Å². The second kappa shape index (κ2) is 6.86. The number of hydrogen-bond donors (Lipinski definition) is 0. The second-order valence-electron chi connectivity index (χ2n) is 3.45. The van der Waals surface area contributed by atoms with Gasteiger partial charge in [0.2, 0.25) is 0 Å². The molecule has 0 amide bonds. The number of alkyl halides is 3. The molecule has 0 aliphatic carbocycles. The topological polar surface area (TPSA) is 44.2 Å². The fraction of sp³-hybridized carbons (Fsp3) is 0.600. The van der Waals surface area contributed by atoms with Gasteiger partial charge in [-0.1, -0.05) is 11.6 Å². The Kier molecular flexibility index (Phi) is 5.77. The van der Waals surface area contributed by atoms with E-state index >= 15 is 0 Å². The summed E-state index contributed by atoms with van der Waals surface area (Å²) in [5, 5.41) is 0.225. The zero-order valence-corrected chi connectivity index (χ0v) is 10.4. The number of ether oxygens (including phenoxy) is 2. The standard InChI is InChI=1S/C10H12ClF3N2O2/c1-17-5-7-4-8(11)16-9(15-7)2-3-18-6-10(12,13)14/h4H,2-3,5-6H2,1H3. The van der Waals surface area contributed by atoms with Gasteiger partial charge in [0.25, 0.3) is 0 Å². The summed E-state index contributed by atoms with van der Waals surface area (Å²) in [7, 11) is 1.50. The second-order valence-corrected chi connectivity index (χ2v) is 3.84. The zero-order chi connectivity index (χ0) is 13.6. The Morgan fingerprint density at radius 1 is 1.33 bits per heavy atom. The molecule has 0 atom stereocenters. The molecule has 0 fully saturated rings. The number of aromatic nitrogens is 2. The van der Waals surface area contributed by atoms with E-state index in [4.69, 9.17) is 16.3 Å². The van der Waals surface area contributed by atoms with Crippen LogP contribution in [0.3, 0.4) is 0 Å². The quantitative estimate of drug-likeness (QED) is 0.594. The third-order valence-corrected chi connectivity index (χ3v) is 2.02. The molecule has 1 rings (SSSR count). The lowest BCUT2D eigenvalue weighted by molar-refractivity contribution is -0.173. The van der Waals surface area contributed by atoms with Gasteiger partial charge in [-0.25, -0.2) is 9.97 Å². The van der Waals surface area contributed by atoms with Crippen LogP contribution in [0.5, 0.6) is 0 Å². The normalized spacial score (nSPS) is 11.8. The molecule has 1 aromatic rings. The Bertz CT molecular complexity index is 388. The highest BCUT2D eigenvalue weighted by Gasteiger charge is 2.27. The molecule has 0 radical (unpaired) electrons. The summed E-state index contributed by atoms with van der Waals surface area (Å²) >= 11 is 5.74. The van der Waals surface area contributed by atoms with Crippen LogP contribution in [-0.4, -0.2) is 36.5 Å². The summed E-state index contributed by atoms with van der Waals surface area (Å²) in [6.45, 7) is -1.14. The zero-order valence-electron chi connectivity index (χ0n) is 9.63. The van der Waals surface area contributed by atoms with Crippen LogP contribution in [0.4, 0.5) is 13.2 Å². The van der Waals surface area contributed by atoms with Crippen molar-refractivity contribution >= 4 is 11.6 Å². The molecule has 0 aromatic carbocycles. The van der Waals surface area contributed by atoms with Gasteiger partial charge in [0, 0.05) is 13.5 Å². The molecule has 0 bridgehead atoms. The van der Waals surface area contributed by atoms with Gasteiger partial charge in [0.1, 0.15) is 17.6 Å². The van der Waals surface area contributed by atoms with Gasteiger partial charge in [-0.2, -0.15) is 13.2 Å². The van der Waals surface area contributed by atoms with E-state index in [1.807, 2.05) is 0 Å². The van der Waals surface area contributed by atoms with Crippen LogP contribution in [0.1, 0.15) is 11.5 Å². The number of rotatable bonds is 6. The van der Waals surface area contributed by atoms with Crippen LogP contribution in [0.15, 0.2) is 6.07 Å². The maximum absolute atomic E-state index is 11.8. The van der Waals surface area contributed by atoms with Crippen LogP contribution in [0, 0.1) is 0 Å². The van der Waals surface area contributed by atoms with Crippen molar-refractivity contribution in [1.82, 2.24) is 9.97 Å². The molecule has 102 valence electrons. The predicted molar refractivity (Wildman–Crippen MR) is 58.3 cm³/mol. The summed E-state index contributed by atoms with van der Waals surface area (Å²) in [6, 6.07) is 1.53. The lowest BCUT2D eigenvalue weighted by Crippen LogP contribution is -2.18. The number of hydrogen-bond acceptors (Lipinski definition) is 4. The first-order valence-corrected chi connectivity index (χ1v) is 5.44. The number of methoxy groups -OCH3 is 1. The van der Waals surface area contributed by atoms with Gasteiger partial charge in [-0.3, -0.25) is 0 Å². The van der Waals surface area contributed by atoms with E-state index in [2.05, 4.69) is 14.7 Å². The monoisotopic (exact) mass is 284 g/mol. The average molecular weight is 285 g/mol. The van der Waals surface area contributed by atoms with E-state index in [9.17, 15) is 13.2 Å². The van der Waals surface area contributed by atoms with Crippen molar-refractivity contribution in [2.24, 2.45) is 0 Å². The molecule has 0 spiro atoms. The first-order valence-electron chi connectivity index (χ1n) is 5.06. The van der Waals surface area contributed by atoms with Crippen LogP contribution < -0.4 is 0 Å². The predicted octanol–water partition coefficient (Wildman–Crippen LogP) is 2.40. The summed E-state index contributed by atoms with van der Waals surface area (Å²) in [6.07, 6.45) is -4.16. The Balaban J connectivity index is 2.46. The van der Waals surface area contributed by atoms with Gasteiger partial charge < -0.3 is 9.47 Å². The minimum absolute atomic E-state index is 0.119. The van der Waals surface area contributed by atoms with Crippen LogP contribution >= 0.6 is 11.6 Å². The Hall–Kier alpha value is -0.920. The molecule has 18 heavy (non-hydrogen) atoms. The van der Waals surface area contributed by atoms with Crippen molar-refractivity contribution < 1.29 is 22.6 Å². The van der Waals surface area contributed by atoms with Gasteiger partial charge in [0.15, 0.2) is 0 Å². The summed E-state index contributed by atoms with van der Waals surface area (Å²) in [4.78, 5) is 7.96. The summed E-state index contributed by atoms with van der Waals surface area (Å²) in [5.74, 6) is 0.330. The van der Waals surface area contributed by atoms with Gasteiger partial charge in [-0.15, -0.1) is 0 Å². The molecule has 4 nitrogen and oxygen atoms in total. The Morgan fingerprint density at radius 2 is 2.06 bits per heavy atom. The SMILES string of the molecule is COCc1cc(Cl)nc(CCOCC(F)(F)F)n1. The minimum Gasteiger partial charge on any atom is -0.378 e. The molecule has 0 aliphatic heterocycles. The molecular formula is C10H12ClF3N2O2. The van der Waals surface area contributed by atoms with Crippen LogP contribution in [0.2, 0.25) is 5.15 Å². The Labute approximate surface area is 107 Å². The maximum Gasteiger partial charge on any atom is 0.411 e. The van der Waals surface area contributed by atoms with Gasteiger partial charge >= 0.3 is 6.18 Å². The van der Waals surface area contributed by atoms with E-state index in [1.165, 1.54) is 13.2 Å². The van der Waals surface area contributed by atoms with Crippen molar-refractivity contribution in [3.05, 3.63) is 22.7 Å². The maximum atomic E-state index is 11.8. The third-order valence-electron chi connectivity index (χ3n) is 1.82. The van der Waals surface area contributed by atoms with E-state index in [0.29, 0.717) is 11.5 Å². The molecular weight excluding hydrogens is 273 g/mol. The van der Waals surface area contributed by atoms with E-state index in [0.717, 1.165) is 0 Å². The third kappa shape index (κ3) is 6.13. The van der Waals surface area contributed by atoms with Crippen LogP contribution in [-0.2, 0) is 22.5 Å². The van der Waals surface area contributed by atoms with Gasteiger partial charge in [-0.05, 0) is 6.07 Å². The average Bonchev–Trinajstić information content (AvgIpc) is 2.23.